The number of aromatic nitrogens is 2. The molecule has 20 heavy (non-hydrogen) atoms. The number of methoxy groups -OCH3 is 2. The number of nitrogen functional groups attached to an aromatic ring is 1. The highest BCUT2D eigenvalue weighted by Crippen LogP contribution is 2.21. The van der Waals surface area contributed by atoms with Crippen LogP contribution in [-0.2, 0) is 11.3 Å². The quantitative estimate of drug-likeness (QED) is 0.869. The summed E-state index contributed by atoms with van der Waals surface area (Å²) in [6, 6.07) is 5.11. The molecule has 1 heterocycles. The van der Waals surface area contributed by atoms with Crippen LogP contribution in [0.5, 0.6) is 5.75 Å². The van der Waals surface area contributed by atoms with Crippen molar-refractivity contribution >= 4 is 24.1 Å². The van der Waals surface area contributed by atoms with Gasteiger partial charge in [-0.25, -0.2) is 4.79 Å². The first kappa shape index (κ1) is 15.8. The molecule has 0 saturated carbocycles. The Labute approximate surface area is 122 Å². The number of benzene rings is 1. The van der Waals surface area contributed by atoms with E-state index >= 15 is 0 Å². The Hall–Kier alpha value is -2.21. The van der Waals surface area contributed by atoms with Crippen LogP contribution in [0.1, 0.15) is 15.9 Å². The van der Waals surface area contributed by atoms with Gasteiger partial charge < -0.3 is 15.2 Å². The molecule has 0 bridgehead atoms. The molecule has 108 valence electrons. The standard InChI is InChI=1S/C13H15N3O3.ClH/c1-18-12-4-3-9(13(17)19-2)5-10(12)7-16-8-11(14)6-15-16;/h3-6,8H,7,14H2,1-2H3;1H. The maximum absolute atomic E-state index is 11.5. The second kappa shape index (κ2) is 6.81. The molecule has 0 aliphatic heterocycles. The second-order valence-corrected chi connectivity index (χ2v) is 3.99. The summed E-state index contributed by atoms with van der Waals surface area (Å²) in [6.45, 7) is 0.463. The van der Waals surface area contributed by atoms with Gasteiger partial charge in [0.15, 0.2) is 0 Å². The highest BCUT2D eigenvalue weighted by atomic mass is 35.5. The molecule has 1 aromatic carbocycles. The number of ether oxygens (including phenoxy) is 2. The molecule has 0 unspecified atom stereocenters. The molecule has 0 saturated heterocycles. The Balaban J connectivity index is 0.00000200. The Morgan fingerprint density at radius 3 is 2.70 bits per heavy atom. The summed E-state index contributed by atoms with van der Waals surface area (Å²) in [6.07, 6.45) is 3.28. The fraction of sp³-hybridized carbons (Fsp3) is 0.231. The average Bonchev–Trinajstić information content (AvgIpc) is 2.83. The largest absolute Gasteiger partial charge is 0.496 e. The van der Waals surface area contributed by atoms with Crippen LogP contribution in [0.3, 0.4) is 0 Å². The number of esters is 1. The lowest BCUT2D eigenvalue weighted by Gasteiger charge is -2.10. The number of carbonyl (C=O) groups excluding carboxylic acids is 1. The van der Waals surface area contributed by atoms with Crippen LogP contribution in [0.15, 0.2) is 30.6 Å². The number of rotatable bonds is 4. The third-order valence-electron chi connectivity index (χ3n) is 2.69. The Morgan fingerprint density at radius 1 is 1.40 bits per heavy atom. The van der Waals surface area contributed by atoms with Crippen molar-refractivity contribution in [1.29, 1.82) is 0 Å². The number of carbonyl (C=O) groups is 1. The van der Waals surface area contributed by atoms with Gasteiger partial charge in [-0.1, -0.05) is 0 Å². The smallest absolute Gasteiger partial charge is 0.337 e. The minimum atomic E-state index is -0.385. The molecule has 0 atom stereocenters. The molecule has 0 amide bonds. The summed E-state index contributed by atoms with van der Waals surface area (Å²) in [5.74, 6) is 0.297. The predicted molar refractivity (Wildman–Crippen MR) is 77.3 cm³/mol. The van der Waals surface area contributed by atoms with Gasteiger partial charge >= 0.3 is 5.97 Å². The third kappa shape index (κ3) is 3.42. The molecule has 2 rings (SSSR count). The lowest BCUT2D eigenvalue weighted by atomic mass is 10.1. The van der Waals surface area contributed by atoms with E-state index in [9.17, 15) is 4.79 Å². The van der Waals surface area contributed by atoms with Gasteiger partial charge in [0.05, 0.1) is 38.2 Å². The monoisotopic (exact) mass is 297 g/mol. The summed E-state index contributed by atoms with van der Waals surface area (Å²) in [4.78, 5) is 11.5. The first-order chi connectivity index (χ1) is 9.13. The molecule has 6 nitrogen and oxygen atoms in total. The first-order valence-electron chi connectivity index (χ1n) is 5.67. The lowest BCUT2D eigenvalue weighted by Crippen LogP contribution is -2.06. The molecule has 2 N–H and O–H groups in total. The van der Waals surface area contributed by atoms with Gasteiger partial charge in [0.1, 0.15) is 5.75 Å². The van der Waals surface area contributed by atoms with E-state index in [0.29, 0.717) is 23.5 Å². The SMILES string of the molecule is COC(=O)c1ccc(OC)c(Cn2cc(N)cn2)c1.Cl. The van der Waals surface area contributed by atoms with E-state index in [1.54, 1.807) is 42.4 Å². The fourth-order valence-corrected chi connectivity index (χ4v) is 1.79. The van der Waals surface area contributed by atoms with Gasteiger partial charge in [-0.3, -0.25) is 4.68 Å². The van der Waals surface area contributed by atoms with Crippen LogP contribution in [0.4, 0.5) is 5.69 Å². The Kier molecular flexibility index (Phi) is 5.40. The van der Waals surface area contributed by atoms with Crippen molar-refractivity contribution in [1.82, 2.24) is 9.78 Å². The van der Waals surface area contributed by atoms with Crippen molar-refractivity contribution in [2.45, 2.75) is 6.54 Å². The van der Waals surface area contributed by atoms with Crippen molar-refractivity contribution < 1.29 is 14.3 Å². The van der Waals surface area contributed by atoms with Crippen molar-refractivity contribution in [2.75, 3.05) is 20.0 Å². The molecule has 0 radical (unpaired) electrons. The van der Waals surface area contributed by atoms with Crippen molar-refractivity contribution in [3.8, 4) is 5.75 Å². The molecule has 0 spiro atoms. The molecular weight excluding hydrogens is 282 g/mol. The van der Waals surface area contributed by atoms with E-state index in [4.69, 9.17) is 15.2 Å². The van der Waals surface area contributed by atoms with Crippen molar-refractivity contribution in [2.24, 2.45) is 0 Å². The zero-order chi connectivity index (χ0) is 13.8. The van der Waals surface area contributed by atoms with Crippen LogP contribution in [-0.4, -0.2) is 30.0 Å². The van der Waals surface area contributed by atoms with Gasteiger partial charge in [-0.2, -0.15) is 5.10 Å². The predicted octanol–water partition coefficient (Wildman–Crippen LogP) is 1.73. The number of hydrogen-bond acceptors (Lipinski definition) is 5. The zero-order valence-electron chi connectivity index (χ0n) is 11.2. The van der Waals surface area contributed by atoms with E-state index in [1.807, 2.05) is 0 Å². The Morgan fingerprint density at radius 2 is 2.15 bits per heavy atom. The third-order valence-corrected chi connectivity index (χ3v) is 2.69. The average molecular weight is 298 g/mol. The maximum atomic E-state index is 11.5. The van der Waals surface area contributed by atoms with Crippen LogP contribution < -0.4 is 10.5 Å². The minimum absolute atomic E-state index is 0. The number of nitrogens with two attached hydrogens (primary N) is 1. The second-order valence-electron chi connectivity index (χ2n) is 3.99. The fourth-order valence-electron chi connectivity index (χ4n) is 1.79. The van der Waals surface area contributed by atoms with Gasteiger partial charge in [0.2, 0.25) is 0 Å². The summed E-state index contributed by atoms with van der Waals surface area (Å²) >= 11 is 0. The first-order valence-corrected chi connectivity index (χ1v) is 5.67. The molecule has 0 aliphatic carbocycles. The number of anilines is 1. The number of halogens is 1. The molecule has 1 aromatic heterocycles. The van der Waals surface area contributed by atoms with Crippen LogP contribution in [0, 0.1) is 0 Å². The van der Waals surface area contributed by atoms with E-state index < -0.39 is 0 Å². The van der Waals surface area contributed by atoms with Gasteiger partial charge in [-0.05, 0) is 18.2 Å². The molecule has 2 aromatic rings. The summed E-state index contributed by atoms with van der Waals surface area (Å²) in [7, 11) is 2.93. The zero-order valence-corrected chi connectivity index (χ0v) is 12.0. The van der Waals surface area contributed by atoms with Gasteiger partial charge in [0, 0.05) is 11.8 Å². The molecule has 0 fully saturated rings. The highest BCUT2D eigenvalue weighted by molar-refractivity contribution is 5.89. The Bertz CT molecular complexity index is 598. The summed E-state index contributed by atoms with van der Waals surface area (Å²) < 4.78 is 11.6. The van der Waals surface area contributed by atoms with Gasteiger partial charge in [-0.15, -0.1) is 12.4 Å². The molecular formula is C13H16ClN3O3. The van der Waals surface area contributed by atoms with E-state index in [-0.39, 0.29) is 18.4 Å². The van der Waals surface area contributed by atoms with Gasteiger partial charge in [0.25, 0.3) is 0 Å². The van der Waals surface area contributed by atoms with Crippen LogP contribution >= 0.6 is 12.4 Å². The topological polar surface area (TPSA) is 79.4 Å². The lowest BCUT2D eigenvalue weighted by molar-refractivity contribution is 0.0600. The van der Waals surface area contributed by atoms with E-state index in [0.717, 1.165) is 5.56 Å². The molecule has 7 heteroatoms. The summed E-state index contributed by atoms with van der Waals surface area (Å²) in [5.41, 5.74) is 7.50. The summed E-state index contributed by atoms with van der Waals surface area (Å²) in [5, 5.41) is 4.10. The number of hydrogen-bond donors (Lipinski definition) is 1. The molecule has 0 aliphatic rings. The maximum Gasteiger partial charge on any atom is 0.337 e. The van der Waals surface area contributed by atoms with Crippen LogP contribution in [0.2, 0.25) is 0 Å². The number of nitrogens with zero attached hydrogens (tertiary/aromatic N) is 2. The highest BCUT2D eigenvalue weighted by Gasteiger charge is 2.11. The normalized spacial score (nSPS) is 9.70. The van der Waals surface area contributed by atoms with E-state index in [1.165, 1.54) is 7.11 Å². The minimum Gasteiger partial charge on any atom is -0.496 e. The van der Waals surface area contributed by atoms with Crippen LogP contribution in [0.25, 0.3) is 0 Å². The van der Waals surface area contributed by atoms with Crippen molar-refractivity contribution in [3.05, 3.63) is 41.7 Å². The van der Waals surface area contributed by atoms with Crippen molar-refractivity contribution in [3.63, 3.8) is 0 Å². The van der Waals surface area contributed by atoms with E-state index in [2.05, 4.69) is 5.10 Å².